The maximum atomic E-state index is 14.5. The van der Waals surface area contributed by atoms with Gasteiger partial charge in [-0.15, -0.1) is 11.3 Å². The van der Waals surface area contributed by atoms with Crippen molar-refractivity contribution in [2.24, 2.45) is 5.92 Å². The number of aliphatic hydroxyl groups is 1. The van der Waals surface area contributed by atoms with Gasteiger partial charge in [0, 0.05) is 73.5 Å². The normalized spacial score (nSPS) is 25.4. The number of aliphatic hydroxyl groups excluding tert-OH is 1. The molecule has 5 aliphatic heterocycles. The van der Waals surface area contributed by atoms with Crippen molar-refractivity contribution in [3.05, 3.63) is 101 Å². The first-order valence-electron chi connectivity index (χ1n) is 27.5. The molecule has 6 aliphatic rings. The van der Waals surface area contributed by atoms with E-state index in [-0.39, 0.29) is 60.0 Å². The van der Waals surface area contributed by atoms with Crippen LogP contribution >= 0.6 is 11.3 Å². The fraction of sp³-hybridized carbons (Fsp3) is 0.475. The number of aromatic hydroxyl groups is 1. The van der Waals surface area contributed by atoms with Crippen LogP contribution in [0, 0.1) is 12.8 Å². The zero-order chi connectivity index (χ0) is 52.9. The van der Waals surface area contributed by atoms with Crippen molar-refractivity contribution in [1.82, 2.24) is 45.5 Å². The smallest absolute Gasteiger partial charge is 0.319 e. The Morgan fingerprint density at radius 3 is 2.58 bits per heavy atom. The Labute approximate surface area is 451 Å². The molecule has 4 N–H and O–H groups in total. The number of nitrogens with zero attached hydrogens (tertiary/aromatic N) is 8. The number of fused-ring (bicyclic) bond motifs is 7. The van der Waals surface area contributed by atoms with Crippen molar-refractivity contribution in [2.75, 3.05) is 44.3 Å². The molecule has 0 radical (unpaired) electrons. The molecule has 400 valence electrons. The van der Waals surface area contributed by atoms with Gasteiger partial charge in [-0.25, -0.2) is 4.98 Å². The van der Waals surface area contributed by atoms with Crippen LogP contribution in [0.5, 0.6) is 17.6 Å². The molecule has 5 saturated heterocycles. The summed E-state index contributed by atoms with van der Waals surface area (Å²) < 4.78 is 19.2. The largest absolute Gasteiger partial charge is 0.508 e. The molecule has 3 aromatic carbocycles. The second-order valence-corrected chi connectivity index (χ2v) is 23.8. The minimum Gasteiger partial charge on any atom is -0.508 e. The molecular formula is C59H66N10O7S. The standard InChI is InChI=1S/C59H66N10O7S/c1-31(2)49(57(73)68-27-42(71)22-46(68)56(72)62-33(4)35-10-12-36(13-11-35)54-34(5)61-30-77-54)47-23-48(66-76-47)74-28-40-16-18-59(17-7-19-69(40)59)29-75-58-64-53-45(55(65-58)67-25-38-14-15-39(26-67)63-38)24-60-52-44-21-41(70)20-37-8-6-9-43(51(37)44)32(3)50(52)53/h6,8-13,20-21,23-24,30-33,38-40,42,46,49,63,70-71H,7,14-19,22,25-29H2,1-5H3,(H,62,72)/t32?,33-,38?,39?,40?,42+,46-,49-,59+/m0/s1. The van der Waals surface area contributed by atoms with Crippen molar-refractivity contribution in [3.8, 4) is 39.3 Å². The monoisotopic (exact) mass is 1060 g/mol. The highest BCUT2D eigenvalue weighted by Gasteiger charge is 2.51. The Hall–Kier alpha value is -6.73. The molecule has 7 aromatic rings. The molecule has 1 aliphatic carbocycles. The highest BCUT2D eigenvalue weighted by Crippen LogP contribution is 2.49. The van der Waals surface area contributed by atoms with E-state index in [2.05, 4.69) is 49.6 Å². The molecule has 4 unspecified atom stereocenters. The lowest BCUT2D eigenvalue weighted by molar-refractivity contribution is -0.141. The Morgan fingerprint density at radius 2 is 1.81 bits per heavy atom. The maximum Gasteiger partial charge on any atom is 0.319 e. The fourth-order valence-electron chi connectivity index (χ4n) is 13.9. The fourth-order valence-corrected chi connectivity index (χ4v) is 14.7. The van der Waals surface area contributed by atoms with E-state index in [9.17, 15) is 19.8 Å². The summed E-state index contributed by atoms with van der Waals surface area (Å²) in [6.45, 7) is 13.5. The number of piperazine rings is 1. The summed E-state index contributed by atoms with van der Waals surface area (Å²) in [5, 5.41) is 35.9. The molecule has 0 spiro atoms. The van der Waals surface area contributed by atoms with Crippen LogP contribution in [-0.2, 0) is 9.59 Å². The van der Waals surface area contributed by atoms with Gasteiger partial charge in [-0.2, -0.15) is 9.97 Å². The third-order valence-corrected chi connectivity index (χ3v) is 18.7. The van der Waals surface area contributed by atoms with Crippen LogP contribution in [0.25, 0.3) is 43.4 Å². The summed E-state index contributed by atoms with van der Waals surface area (Å²) in [5.74, 6) is 0.132. The number of aryl methyl sites for hydroxylation is 1. The molecule has 17 nitrogen and oxygen atoms in total. The summed E-state index contributed by atoms with van der Waals surface area (Å²) >= 11 is 1.59. The predicted octanol–water partition coefficient (Wildman–Crippen LogP) is 8.41. The number of carbonyl (C=O) groups is 2. The van der Waals surface area contributed by atoms with Crippen molar-refractivity contribution < 1.29 is 33.8 Å². The summed E-state index contributed by atoms with van der Waals surface area (Å²) in [4.78, 5) is 56.0. The number of anilines is 1. The number of ether oxygens (including phenoxy) is 2. The molecule has 77 heavy (non-hydrogen) atoms. The van der Waals surface area contributed by atoms with E-state index in [1.165, 1.54) is 10.5 Å². The molecule has 9 heterocycles. The van der Waals surface area contributed by atoms with Gasteiger partial charge in [-0.1, -0.05) is 63.2 Å². The summed E-state index contributed by atoms with van der Waals surface area (Å²) in [7, 11) is 0. The van der Waals surface area contributed by atoms with Gasteiger partial charge in [-0.3, -0.25) is 19.5 Å². The lowest BCUT2D eigenvalue weighted by Gasteiger charge is -2.36. The summed E-state index contributed by atoms with van der Waals surface area (Å²) in [5.41, 5.74) is 9.36. The number of rotatable bonds is 14. The van der Waals surface area contributed by atoms with Crippen molar-refractivity contribution in [1.29, 1.82) is 0 Å². The van der Waals surface area contributed by atoms with Gasteiger partial charge >= 0.3 is 6.01 Å². The van der Waals surface area contributed by atoms with E-state index >= 15 is 0 Å². The van der Waals surface area contributed by atoms with Gasteiger partial charge < -0.3 is 44.6 Å². The number of likely N-dealkylation sites (tertiary alicyclic amines) is 1. The highest BCUT2D eigenvalue weighted by molar-refractivity contribution is 7.13. The van der Waals surface area contributed by atoms with Crippen LogP contribution in [0.15, 0.2) is 76.9 Å². The number of carbonyl (C=O) groups excluding carboxylic acids is 2. The molecule has 2 bridgehead atoms. The molecule has 2 amide bonds. The van der Waals surface area contributed by atoms with E-state index < -0.39 is 18.1 Å². The van der Waals surface area contributed by atoms with Gasteiger partial charge in [0.25, 0.3) is 5.88 Å². The lowest BCUT2D eigenvalue weighted by Crippen LogP contribution is -2.51. The van der Waals surface area contributed by atoms with E-state index in [1.807, 2.05) is 81.9 Å². The van der Waals surface area contributed by atoms with Crippen molar-refractivity contribution in [2.45, 2.75) is 133 Å². The Balaban J connectivity index is 0.697. The number of aromatic nitrogens is 5. The van der Waals surface area contributed by atoms with Crippen LogP contribution in [-0.4, -0.2) is 132 Å². The SMILES string of the molecule is Cc1ncsc1-c1ccc([C@H](C)NC(=O)[C@@H]2C[C@@H](O)CN2C(=O)[C@H](c2cc(OCC3CC[C@@]4(COc5nc(N6CC7CCC(C6)N7)c6cnc7c(c6n5)C(C)c5cccc6cc(O)cc-7c56)CCCN34)no2)C(C)C)cc1. The number of β-amino-alcohol motifs (C(OH)–C–C–N with tert-alkyl or cyclic N) is 1. The Morgan fingerprint density at radius 1 is 0.987 bits per heavy atom. The van der Waals surface area contributed by atoms with Gasteiger partial charge in [0.15, 0.2) is 5.76 Å². The predicted molar refractivity (Wildman–Crippen MR) is 293 cm³/mol. The topological polar surface area (TPSA) is 204 Å². The second-order valence-electron chi connectivity index (χ2n) is 22.9. The average Bonchev–Trinajstić information content (AvgIpc) is 4.47. The summed E-state index contributed by atoms with van der Waals surface area (Å²) in [6, 6.07) is 19.8. The van der Waals surface area contributed by atoms with E-state index in [0.29, 0.717) is 42.9 Å². The van der Waals surface area contributed by atoms with Gasteiger partial charge in [0.1, 0.15) is 36.7 Å². The van der Waals surface area contributed by atoms with Crippen LogP contribution in [0.2, 0.25) is 0 Å². The summed E-state index contributed by atoms with van der Waals surface area (Å²) in [6.07, 6.45) is 7.33. The minimum absolute atomic E-state index is 0.0112. The molecule has 5 fully saturated rings. The van der Waals surface area contributed by atoms with E-state index in [1.54, 1.807) is 17.4 Å². The van der Waals surface area contributed by atoms with Crippen LogP contribution < -0.4 is 25.0 Å². The maximum absolute atomic E-state index is 14.5. The van der Waals surface area contributed by atoms with Gasteiger partial charge in [0.05, 0.1) is 50.4 Å². The Bertz CT molecular complexity index is 3410. The zero-order valence-corrected chi connectivity index (χ0v) is 45.1. The van der Waals surface area contributed by atoms with Gasteiger partial charge in [-0.05, 0) is 110 Å². The molecule has 9 atom stereocenters. The van der Waals surface area contributed by atoms with Crippen molar-refractivity contribution in [3.63, 3.8) is 0 Å². The number of thiazole rings is 1. The third kappa shape index (κ3) is 8.84. The average molecular weight is 1060 g/mol. The number of hydrogen-bond acceptors (Lipinski definition) is 16. The van der Waals surface area contributed by atoms with Crippen LogP contribution in [0.4, 0.5) is 5.82 Å². The van der Waals surface area contributed by atoms with E-state index in [0.717, 1.165) is 124 Å². The van der Waals surface area contributed by atoms with Crippen LogP contribution in [0.1, 0.15) is 119 Å². The third-order valence-electron chi connectivity index (χ3n) is 17.7. The quantitative estimate of drug-likeness (QED) is 0.0807. The first-order chi connectivity index (χ1) is 37.3. The number of hydrogen-bond donors (Lipinski definition) is 4. The first-order valence-corrected chi connectivity index (χ1v) is 28.4. The lowest BCUT2D eigenvalue weighted by atomic mass is 9.79. The number of pyridine rings is 1. The Kier molecular flexibility index (Phi) is 12.7. The van der Waals surface area contributed by atoms with Crippen molar-refractivity contribution >= 4 is 50.6 Å². The molecule has 18 heteroatoms. The molecule has 13 rings (SSSR count). The molecular weight excluding hydrogens is 993 g/mol. The number of benzene rings is 3. The van der Waals surface area contributed by atoms with Gasteiger partial charge in [0.2, 0.25) is 11.8 Å². The number of phenols is 1. The first kappa shape index (κ1) is 49.8. The van der Waals surface area contributed by atoms with E-state index in [4.69, 9.17) is 28.9 Å². The zero-order valence-electron chi connectivity index (χ0n) is 44.2. The minimum atomic E-state index is -0.848. The van der Waals surface area contributed by atoms with Crippen LogP contribution in [0.3, 0.4) is 0 Å². The second kappa shape index (κ2) is 19.6. The number of amides is 2. The number of nitrogens with one attached hydrogen (secondary N) is 2. The molecule has 0 saturated carbocycles. The number of phenolic OH excluding ortho intramolecular Hbond substituents is 1. The highest BCUT2D eigenvalue weighted by atomic mass is 32.1. The molecule has 4 aromatic heterocycles.